The highest BCUT2D eigenvalue weighted by atomic mass is 16.6. The van der Waals surface area contributed by atoms with Gasteiger partial charge in [0.2, 0.25) is 12.4 Å². The summed E-state index contributed by atoms with van der Waals surface area (Å²) in [6.07, 6.45) is 0.401. The van der Waals surface area contributed by atoms with Gasteiger partial charge in [0.05, 0.1) is 0 Å². The largest absolute Gasteiger partial charge is 0.265 e. The van der Waals surface area contributed by atoms with Crippen molar-refractivity contribution in [3.63, 3.8) is 0 Å². The fourth-order valence-corrected chi connectivity index (χ4v) is 1.37. The standard InChI is InChI=1S/C9H9N5O2/c15-14(16)5-4-7-2-1-3-8(6-7)9-10-12-13-11-9/h1-3,6H,4-5H2,(H,10,11,12,13). The lowest BCUT2D eigenvalue weighted by Crippen LogP contribution is -2.03. The van der Waals surface area contributed by atoms with E-state index >= 15 is 0 Å². The average Bonchev–Trinajstić information content (AvgIpc) is 2.80. The highest BCUT2D eigenvalue weighted by Gasteiger charge is 2.05. The molecule has 1 aromatic carbocycles. The van der Waals surface area contributed by atoms with Crippen LogP contribution in [-0.4, -0.2) is 32.1 Å². The minimum absolute atomic E-state index is 0.0737. The summed E-state index contributed by atoms with van der Waals surface area (Å²) < 4.78 is 0. The molecule has 0 atom stereocenters. The fourth-order valence-electron chi connectivity index (χ4n) is 1.37. The highest BCUT2D eigenvalue weighted by Crippen LogP contribution is 2.15. The lowest BCUT2D eigenvalue weighted by atomic mass is 10.1. The summed E-state index contributed by atoms with van der Waals surface area (Å²) in [5, 5.41) is 23.8. The number of aromatic nitrogens is 4. The molecule has 1 heterocycles. The molecule has 0 aliphatic heterocycles. The van der Waals surface area contributed by atoms with E-state index in [0.29, 0.717) is 12.2 Å². The van der Waals surface area contributed by atoms with Crippen molar-refractivity contribution in [3.8, 4) is 11.4 Å². The Morgan fingerprint density at radius 2 is 2.31 bits per heavy atom. The Morgan fingerprint density at radius 1 is 1.44 bits per heavy atom. The second kappa shape index (κ2) is 4.47. The van der Waals surface area contributed by atoms with E-state index in [9.17, 15) is 10.1 Å². The molecule has 0 amide bonds. The molecule has 1 aromatic heterocycles. The number of nitrogens with one attached hydrogen (secondary N) is 1. The number of aromatic amines is 1. The third-order valence-corrected chi connectivity index (χ3v) is 2.11. The van der Waals surface area contributed by atoms with E-state index in [1.54, 1.807) is 0 Å². The Bertz CT molecular complexity index is 482. The Balaban J connectivity index is 2.17. The van der Waals surface area contributed by atoms with E-state index in [1.807, 2.05) is 24.3 Å². The van der Waals surface area contributed by atoms with Gasteiger partial charge in [0, 0.05) is 16.9 Å². The molecule has 0 radical (unpaired) electrons. The van der Waals surface area contributed by atoms with Crippen LogP contribution in [0.1, 0.15) is 5.56 Å². The third kappa shape index (κ3) is 2.38. The topological polar surface area (TPSA) is 97.6 Å². The zero-order valence-electron chi connectivity index (χ0n) is 8.33. The van der Waals surface area contributed by atoms with Gasteiger partial charge in [-0.2, -0.15) is 5.21 Å². The van der Waals surface area contributed by atoms with Gasteiger partial charge in [0.1, 0.15) is 0 Å². The monoisotopic (exact) mass is 219 g/mol. The predicted octanol–water partition coefficient (Wildman–Crippen LogP) is 0.686. The van der Waals surface area contributed by atoms with Gasteiger partial charge >= 0.3 is 0 Å². The molecule has 82 valence electrons. The minimum Gasteiger partial charge on any atom is -0.265 e. The lowest BCUT2D eigenvalue weighted by Gasteiger charge is -1.99. The van der Waals surface area contributed by atoms with Crippen molar-refractivity contribution >= 4 is 0 Å². The van der Waals surface area contributed by atoms with Crippen LogP contribution < -0.4 is 0 Å². The normalized spacial score (nSPS) is 10.2. The maximum atomic E-state index is 10.3. The Kier molecular flexibility index (Phi) is 2.86. The number of nitrogens with zero attached hydrogens (tertiary/aromatic N) is 4. The first kappa shape index (κ1) is 10.2. The van der Waals surface area contributed by atoms with Gasteiger partial charge in [-0.1, -0.05) is 18.2 Å². The first-order valence-corrected chi connectivity index (χ1v) is 4.70. The van der Waals surface area contributed by atoms with E-state index in [0.717, 1.165) is 11.1 Å². The maximum Gasteiger partial charge on any atom is 0.207 e. The van der Waals surface area contributed by atoms with Crippen molar-refractivity contribution in [1.82, 2.24) is 20.6 Å². The predicted molar refractivity (Wildman–Crippen MR) is 55.2 cm³/mol. The van der Waals surface area contributed by atoms with E-state index < -0.39 is 0 Å². The SMILES string of the molecule is O=[N+]([O-])CCc1cccc(-c2nn[nH]n2)c1. The van der Waals surface area contributed by atoms with Crippen LogP contribution in [0.15, 0.2) is 24.3 Å². The number of nitro groups is 1. The number of hydrogen-bond donors (Lipinski definition) is 1. The van der Waals surface area contributed by atoms with Crippen LogP contribution in [0.5, 0.6) is 0 Å². The second-order valence-electron chi connectivity index (χ2n) is 3.24. The van der Waals surface area contributed by atoms with Crippen molar-refractivity contribution in [2.45, 2.75) is 6.42 Å². The molecule has 2 aromatic rings. The summed E-state index contributed by atoms with van der Waals surface area (Å²) in [5.74, 6) is 0.489. The van der Waals surface area contributed by atoms with Gasteiger partial charge in [0.25, 0.3) is 0 Å². The molecule has 0 aliphatic rings. The number of tetrazole rings is 1. The van der Waals surface area contributed by atoms with Crippen molar-refractivity contribution < 1.29 is 4.92 Å². The molecule has 2 rings (SSSR count). The molecule has 0 saturated heterocycles. The van der Waals surface area contributed by atoms with Gasteiger partial charge in [-0.05, 0) is 16.8 Å². The Labute approximate surface area is 90.6 Å². The second-order valence-corrected chi connectivity index (χ2v) is 3.24. The molecule has 0 saturated carbocycles. The van der Waals surface area contributed by atoms with Crippen LogP contribution in [0.2, 0.25) is 0 Å². The van der Waals surface area contributed by atoms with E-state index in [-0.39, 0.29) is 11.5 Å². The van der Waals surface area contributed by atoms with Crippen molar-refractivity contribution in [3.05, 3.63) is 39.9 Å². The summed E-state index contributed by atoms with van der Waals surface area (Å²) in [5.41, 5.74) is 1.69. The summed E-state index contributed by atoms with van der Waals surface area (Å²) in [7, 11) is 0. The smallest absolute Gasteiger partial charge is 0.207 e. The van der Waals surface area contributed by atoms with Gasteiger partial charge < -0.3 is 0 Å². The van der Waals surface area contributed by atoms with E-state index in [2.05, 4.69) is 20.6 Å². The number of H-pyrrole nitrogens is 1. The molecule has 16 heavy (non-hydrogen) atoms. The van der Waals surface area contributed by atoms with Crippen molar-refractivity contribution in [2.75, 3.05) is 6.54 Å². The van der Waals surface area contributed by atoms with Crippen molar-refractivity contribution in [2.24, 2.45) is 0 Å². The maximum absolute atomic E-state index is 10.3. The van der Waals surface area contributed by atoms with Crippen LogP contribution in [0.4, 0.5) is 0 Å². The number of benzene rings is 1. The molecule has 0 bridgehead atoms. The molecule has 1 N–H and O–H groups in total. The Morgan fingerprint density at radius 3 is 3.00 bits per heavy atom. The molecule has 0 spiro atoms. The molecular formula is C9H9N5O2. The lowest BCUT2D eigenvalue weighted by molar-refractivity contribution is -0.479. The fraction of sp³-hybridized carbons (Fsp3) is 0.222. The van der Waals surface area contributed by atoms with E-state index in [1.165, 1.54) is 0 Å². The van der Waals surface area contributed by atoms with Crippen LogP contribution in [0, 0.1) is 10.1 Å². The number of rotatable bonds is 4. The summed E-state index contributed by atoms with van der Waals surface area (Å²) in [6.45, 7) is -0.0737. The Hall–Kier alpha value is -2.31. The quantitative estimate of drug-likeness (QED) is 0.602. The summed E-state index contributed by atoms with van der Waals surface area (Å²) in [4.78, 5) is 9.92. The first-order chi connectivity index (χ1) is 7.75. The van der Waals surface area contributed by atoms with Crippen LogP contribution in [0.3, 0.4) is 0 Å². The van der Waals surface area contributed by atoms with E-state index in [4.69, 9.17) is 0 Å². The minimum atomic E-state index is -0.332. The number of hydrogen-bond acceptors (Lipinski definition) is 5. The third-order valence-electron chi connectivity index (χ3n) is 2.11. The van der Waals surface area contributed by atoms with Crippen LogP contribution in [0.25, 0.3) is 11.4 Å². The molecular weight excluding hydrogens is 210 g/mol. The van der Waals surface area contributed by atoms with Gasteiger partial charge in [-0.25, -0.2) is 0 Å². The molecule has 0 aliphatic carbocycles. The first-order valence-electron chi connectivity index (χ1n) is 4.70. The zero-order chi connectivity index (χ0) is 11.4. The zero-order valence-corrected chi connectivity index (χ0v) is 8.33. The molecule has 0 unspecified atom stereocenters. The molecule has 0 fully saturated rings. The average molecular weight is 219 g/mol. The summed E-state index contributed by atoms with van der Waals surface area (Å²) in [6, 6.07) is 7.32. The van der Waals surface area contributed by atoms with Crippen molar-refractivity contribution in [1.29, 1.82) is 0 Å². The van der Waals surface area contributed by atoms with Gasteiger partial charge in [-0.15, -0.1) is 10.2 Å². The van der Waals surface area contributed by atoms with Crippen LogP contribution >= 0.6 is 0 Å². The van der Waals surface area contributed by atoms with Gasteiger partial charge in [0.15, 0.2) is 0 Å². The summed E-state index contributed by atoms with van der Waals surface area (Å²) >= 11 is 0. The highest BCUT2D eigenvalue weighted by molar-refractivity contribution is 5.54. The van der Waals surface area contributed by atoms with Gasteiger partial charge in [-0.3, -0.25) is 10.1 Å². The molecule has 7 nitrogen and oxygen atoms in total. The van der Waals surface area contributed by atoms with Crippen LogP contribution in [-0.2, 0) is 6.42 Å². The molecule has 7 heteroatoms.